The van der Waals surface area contributed by atoms with E-state index in [0.29, 0.717) is 29.5 Å². The highest BCUT2D eigenvalue weighted by Crippen LogP contribution is 2.35. The number of amides is 1. The van der Waals surface area contributed by atoms with Crippen LogP contribution >= 0.6 is 11.3 Å². The molecule has 0 spiro atoms. The Bertz CT molecular complexity index is 1110. The summed E-state index contributed by atoms with van der Waals surface area (Å²) >= 11 is 1.42. The fourth-order valence-electron chi connectivity index (χ4n) is 3.81. The SMILES string of the molecule is COc1cccc(N2CCN(C(=O)c3sc(-c4ccc(OC)c(OC)c4)nc3C)CC2)c1. The van der Waals surface area contributed by atoms with Gasteiger partial charge in [-0.05, 0) is 37.3 Å². The van der Waals surface area contributed by atoms with Crippen molar-refractivity contribution in [2.24, 2.45) is 0 Å². The zero-order chi connectivity index (χ0) is 22.7. The molecule has 0 N–H and O–H groups in total. The summed E-state index contributed by atoms with van der Waals surface area (Å²) in [5.41, 5.74) is 2.76. The average Bonchev–Trinajstić information content (AvgIpc) is 3.24. The molecule has 1 saturated heterocycles. The molecule has 1 amide bonds. The fourth-order valence-corrected chi connectivity index (χ4v) is 4.84. The molecular weight excluding hydrogens is 426 g/mol. The lowest BCUT2D eigenvalue weighted by molar-refractivity contribution is 0.0750. The number of aryl methyl sites for hydroxylation is 1. The number of thiazole rings is 1. The van der Waals surface area contributed by atoms with Crippen molar-refractivity contribution >= 4 is 22.9 Å². The molecule has 0 atom stereocenters. The minimum atomic E-state index is 0.0389. The van der Waals surface area contributed by atoms with Gasteiger partial charge in [-0.25, -0.2) is 4.98 Å². The van der Waals surface area contributed by atoms with Crippen LogP contribution in [0.25, 0.3) is 10.6 Å². The second-order valence-corrected chi connectivity index (χ2v) is 8.48. The smallest absolute Gasteiger partial charge is 0.265 e. The number of aromatic nitrogens is 1. The van der Waals surface area contributed by atoms with Gasteiger partial charge in [0, 0.05) is 43.5 Å². The topological polar surface area (TPSA) is 64.1 Å². The number of rotatable bonds is 6. The van der Waals surface area contributed by atoms with Crippen LogP contribution in [0.4, 0.5) is 5.69 Å². The number of carbonyl (C=O) groups excluding carboxylic acids is 1. The Kier molecular flexibility index (Phi) is 6.50. The highest BCUT2D eigenvalue weighted by atomic mass is 32.1. The lowest BCUT2D eigenvalue weighted by Gasteiger charge is -2.36. The molecule has 1 fully saturated rings. The molecule has 1 aliphatic heterocycles. The summed E-state index contributed by atoms with van der Waals surface area (Å²) in [5, 5.41) is 0.793. The van der Waals surface area contributed by atoms with Gasteiger partial charge in [-0.2, -0.15) is 0 Å². The van der Waals surface area contributed by atoms with E-state index in [4.69, 9.17) is 14.2 Å². The monoisotopic (exact) mass is 453 g/mol. The summed E-state index contributed by atoms with van der Waals surface area (Å²) in [4.78, 5) is 22.8. The molecule has 8 heteroatoms. The maximum Gasteiger partial charge on any atom is 0.265 e. The summed E-state index contributed by atoms with van der Waals surface area (Å²) in [6.45, 7) is 4.78. The van der Waals surface area contributed by atoms with E-state index in [2.05, 4.69) is 16.0 Å². The number of ether oxygens (including phenoxy) is 3. The molecule has 0 aliphatic carbocycles. The van der Waals surface area contributed by atoms with Crippen molar-refractivity contribution in [3.63, 3.8) is 0 Å². The number of carbonyl (C=O) groups is 1. The van der Waals surface area contributed by atoms with E-state index in [-0.39, 0.29) is 5.91 Å². The Morgan fingerprint density at radius 2 is 1.69 bits per heavy atom. The summed E-state index contributed by atoms with van der Waals surface area (Å²) in [5.74, 6) is 2.18. The van der Waals surface area contributed by atoms with Gasteiger partial charge < -0.3 is 24.0 Å². The van der Waals surface area contributed by atoms with Crippen molar-refractivity contribution in [1.82, 2.24) is 9.88 Å². The molecule has 0 saturated carbocycles. The number of hydrogen-bond acceptors (Lipinski definition) is 7. The van der Waals surface area contributed by atoms with Gasteiger partial charge in [-0.15, -0.1) is 11.3 Å². The largest absolute Gasteiger partial charge is 0.497 e. The van der Waals surface area contributed by atoms with Gasteiger partial charge >= 0.3 is 0 Å². The maximum atomic E-state index is 13.2. The number of methoxy groups -OCH3 is 3. The van der Waals surface area contributed by atoms with Crippen LogP contribution in [0.2, 0.25) is 0 Å². The predicted molar refractivity (Wildman–Crippen MR) is 127 cm³/mol. The van der Waals surface area contributed by atoms with Crippen molar-refractivity contribution in [1.29, 1.82) is 0 Å². The molecule has 2 heterocycles. The molecule has 32 heavy (non-hydrogen) atoms. The number of hydrogen-bond donors (Lipinski definition) is 0. The van der Waals surface area contributed by atoms with E-state index < -0.39 is 0 Å². The molecule has 0 radical (unpaired) electrons. The molecule has 4 rings (SSSR count). The van der Waals surface area contributed by atoms with Gasteiger partial charge in [-0.1, -0.05) is 6.07 Å². The van der Waals surface area contributed by atoms with Crippen LogP contribution in [0.1, 0.15) is 15.4 Å². The highest BCUT2D eigenvalue weighted by Gasteiger charge is 2.26. The van der Waals surface area contributed by atoms with E-state index in [9.17, 15) is 4.79 Å². The number of nitrogens with zero attached hydrogens (tertiary/aromatic N) is 3. The molecule has 168 valence electrons. The minimum absolute atomic E-state index is 0.0389. The third-order valence-corrected chi connectivity index (χ3v) is 6.80. The Morgan fingerprint density at radius 1 is 0.938 bits per heavy atom. The van der Waals surface area contributed by atoms with Crippen LogP contribution in [0.15, 0.2) is 42.5 Å². The van der Waals surface area contributed by atoms with E-state index in [1.807, 2.05) is 48.2 Å². The lowest BCUT2D eigenvalue weighted by Crippen LogP contribution is -2.48. The number of anilines is 1. The van der Waals surface area contributed by atoms with E-state index in [1.165, 1.54) is 11.3 Å². The van der Waals surface area contributed by atoms with Gasteiger partial charge in [0.25, 0.3) is 5.91 Å². The molecule has 0 bridgehead atoms. The van der Waals surface area contributed by atoms with Crippen LogP contribution in [0.5, 0.6) is 17.2 Å². The minimum Gasteiger partial charge on any atom is -0.497 e. The van der Waals surface area contributed by atoms with E-state index in [1.54, 1.807) is 21.3 Å². The van der Waals surface area contributed by atoms with E-state index >= 15 is 0 Å². The third-order valence-electron chi connectivity index (χ3n) is 5.61. The van der Waals surface area contributed by atoms with E-state index in [0.717, 1.165) is 40.8 Å². The maximum absolute atomic E-state index is 13.2. The Morgan fingerprint density at radius 3 is 2.38 bits per heavy atom. The Labute approximate surface area is 192 Å². The predicted octanol–water partition coefficient (Wildman–Crippen LogP) is 4.11. The second kappa shape index (κ2) is 9.48. The van der Waals surface area contributed by atoms with Crippen LogP contribution < -0.4 is 19.1 Å². The molecular formula is C24H27N3O4S. The first-order valence-corrected chi connectivity index (χ1v) is 11.2. The second-order valence-electron chi connectivity index (χ2n) is 7.48. The number of piperazine rings is 1. The van der Waals surface area contributed by atoms with Gasteiger partial charge in [0.2, 0.25) is 0 Å². The molecule has 0 unspecified atom stereocenters. The molecule has 2 aromatic carbocycles. The zero-order valence-electron chi connectivity index (χ0n) is 18.8. The quantitative estimate of drug-likeness (QED) is 0.560. The average molecular weight is 454 g/mol. The first-order valence-electron chi connectivity index (χ1n) is 10.4. The summed E-state index contributed by atoms with van der Waals surface area (Å²) in [7, 11) is 4.88. The molecule has 7 nitrogen and oxygen atoms in total. The van der Waals surface area contributed by atoms with Crippen molar-refractivity contribution < 1.29 is 19.0 Å². The first-order chi connectivity index (χ1) is 15.5. The van der Waals surface area contributed by atoms with Crippen LogP contribution in [-0.4, -0.2) is 63.3 Å². The molecule has 1 aliphatic rings. The zero-order valence-corrected chi connectivity index (χ0v) is 19.6. The van der Waals surface area contributed by atoms with Crippen molar-refractivity contribution in [3.05, 3.63) is 53.0 Å². The molecule has 1 aromatic heterocycles. The Hall–Kier alpha value is -3.26. The van der Waals surface area contributed by atoms with Crippen molar-refractivity contribution in [3.8, 4) is 27.8 Å². The Balaban J connectivity index is 1.47. The number of benzene rings is 2. The van der Waals surface area contributed by atoms with Crippen LogP contribution in [0.3, 0.4) is 0 Å². The third kappa shape index (κ3) is 4.36. The van der Waals surface area contributed by atoms with Crippen LogP contribution in [0, 0.1) is 6.92 Å². The van der Waals surface area contributed by atoms with Crippen molar-refractivity contribution in [2.45, 2.75) is 6.92 Å². The summed E-state index contributed by atoms with van der Waals surface area (Å²) in [6.07, 6.45) is 0. The standard InChI is InChI=1S/C24H27N3O4S/c1-16-22(32-23(25-16)17-8-9-20(30-3)21(14-17)31-4)24(28)27-12-10-26(11-13-27)18-6-5-7-19(15-18)29-2/h5-9,14-15H,10-13H2,1-4H3. The van der Waals surface area contributed by atoms with Gasteiger partial charge in [0.05, 0.1) is 27.0 Å². The highest BCUT2D eigenvalue weighted by molar-refractivity contribution is 7.17. The lowest BCUT2D eigenvalue weighted by atomic mass is 10.2. The first kappa shape index (κ1) is 22.0. The van der Waals surface area contributed by atoms with Crippen molar-refractivity contribution in [2.75, 3.05) is 52.4 Å². The van der Waals surface area contributed by atoms with Crippen LogP contribution in [-0.2, 0) is 0 Å². The summed E-state index contributed by atoms with van der Waals surface area (Å²) in [6, 6.07) is 13.7. The van der Waals surface area contributed by atoms with Gasteiger partial charge in [0.15, 0.2) is 11.5 Å². The fraction of sp³-hybridized carbons (Fsp3) is 0.333. The summed E-state index contributed by atoms with van der Waals surface area (Å²) < 4.78 is 16.0. The van der Waals surface area contributed by atoms with Gasteiger partial charge in [-0.3, -0.25) is 4.79 Å². The molecule has 3 aromatic rings. The normalized spacial score (nSPS) is 13.8. The van der Waals surface area contributed by atoms with Gasteiger partial charge in [0.1, 0.15) is 15.6 Å².